The van der Waals surface area contributed by atoms with Crippen LogP contribution in [0.1, 0.15) is 13.8 Å². The predicted molar refractivity (Wildman–Crippen MR) is 114 cm³/mol. The first-order chi connectivity index (χ1) is 15.3. The molecule has 1 aliphatic rings. The van der Waals surface area contributed by atoms with E-state index in [0.717, 1.165) is 0 Å². The molecule has 1 aliphatic heterocycles. The Balaban J connectivity index is 1.54. The van der Waals surface area contributed by atoms with E-state index < -0.39 is 12.6 Å². The zero-order valence-electron chi connectivity index (χ0n) is 17.6. The van der Waals surface area contributed by atoms with Gasteiger partial charge in [-0.1, -0.05) is 12.1 Å². The van der Waals surface area contributed by atoms with Crippen molar-refractivity contribution in [3.63, 3.8) is 0 Å². The molecule has 10 heteroatoms. The van der Waals surface area contributed by atoms with Gasteiger partial charge in [-0.2, -0.15) is 18.2 Å². The molecule has 0 aliphatic carbocycles. The number of aromatic nitrogens is 3. The van der Waals surface area contributed by atoms with Gasteiger partial charge in [-0.3, -0.25) is 0 Å². The largest absolute Gasteiger partial charge is 0.435 e. The summed E-state index contributed by atoms with van der Waals surface area (Å²) < 4.78 is 49.1. The highest BCUT2D eigenvalue weighted by molar-refractivity contribution is 5.69. The van der Waals surface area contributed by atoms with Crippen LogP contribution in [0.15, 0.2) is 48.8 Å². The Morgan fingerprint density at radius 3 is 2.62 bits per heavy atom. The molecule has 0 unspecified atom stereocenters. The summed E-state index contributed by atoms with van der Waals surface area (Å²) in [5, 5.41) is 2.95. The maximum Gasteiger partial charge on any atom is 0.387 e. The zero-order valence-corrected chi connectivity index (χ0v) is 17.6. The van der Waals surface area contributed by atoms with E-state index in [-0.39, 0.29) is 17.0 Å². The van der Waals surface area contributed by atoms with E-state index >= 15 is 0 Å². The van der Waals surface area contributed by atoms with Crippen molar-refractivity contribution in [2.24, 2.45) is 0 Å². The van der Waals surface area contributed by atoms with E-state index in [1.54, 1.807) is 30.5 Å². The molecule has 168 valence electrons. The van der Waals surface area contributed by atoms with Gasteiger partial charge in [-0.25, -0.2) is 9.97 Å². The molecule has 0 atom stereocenters. The molecule has 0 amide bonds. The molecule has 7 nitrogen and oxygen atoms in total. The van der Waals surface area contributed by atoms with Crippen LogP contribution in [0.5, 0.6) is 5.75 Å². The summed E-state index contributed by atoms with van der Waals surface area (Å²) in [6.07, 6.45) is 2.97. The smallest absolute Gasteiger partial charge is 0.387 e. The molecule has 0 spiro atoms. The van der Waals surface area contributed by atoms with Crippen molar-refractivity contribution in [3.8, 4) is 16.9 Å². The Morgan fingerprint density at radius 1 is 1.12 bits per heavy atom. The van der Waals surface area contributed by atoms with Gasteiger partial charge in [0.05, 0.1) is 17.9 Å². The Morgan fingerprint density at radius 2 is 1.91 bits per heavy atom. The monoisotopic (exact) mass is 445 g/mol. The molecule has 1 saturated heterocycles. The van der Waals surface area contributed by atoms with Crippen LogP contribution in [-0.4, -0.2) is 46.9 Å². The third kappa shape index (κ3) is 5.25. The second-order valence-electron chi connectivity index (χ2n) is 7.86. The average molecular weight is 445 g/mol. The molecule has 2 aromatic heterocycles. The summed E-state index contributed by atoms with van der Waals surface area (Å²) in [7, 11) is 0. The maximum atomic E-state index is 14.4. The minimum absolute atomic E-state index is 0.0389. The number of morpholine rings is 1. The Hall–Kier alpha value is -3.40. The van der Waals surface area contributed by atoms with E-state index in [4.69, 9.17) is 4.74 Å². The summed E-state index contributed by atoms with van der Waals surface area (Å²) >= 11 is 0. The van der Waals surface area contributed by atoms with Gasteiger partial charge >= 0.3 is 6.61 Å². The van der Waals surface area contributed by atoms with Crippen LogP contribution < -0.4 is 15.0 Å². The molecule has 3 heterocycles. The lowest BCUT2D eigenvalue weighted by Gasteiger charge is -2.38. The Labute approximate surface area is 183 Å². The number of halogens is 3. The van der Waals surface area contributed by atoms with Gasteiger partial charge < -0.3 is 19.7 Å². The van der Waals surface area contributed by atoms with Crippen LogP contribution in [0.25, 0.3) is 11.1 Å². The van der Waals surface area contributed by atoms with E-state index in [9.17, 15) is 13.2 Å². The summed E-state index contributed by atoms with van der Waals surface area (Å²) in [6.45, 7) is 2.96. The zero-order chi connectivity index (χ0) is 22.7. The summed E-state index contributed by atoms with van der Waals surface area (Å²) in [5.41, 5.74) is 1.08. The van der Waals surface area contributed by atoms with Gasteiger partial charge in [-0.05, 0) is 43.7 Å². The van der Waals surface area contributed by atoms with E-state index in [2.05, 4.69) is 25.0 Å². The topological polar surface area (TPSA) is 72.4 Å². The second-order valence-corrected chi connectivity index (χ2v) is 7.86. The number of alkyl halides is 2. The molecular weight excluding hydrogens is 423 g/mol. The molecule has 3 aromatic rings. The highest BCUT2D eigenvalue weighted by atomic mass is 19.3. The number of nitrogens with one attached hydrogen (secondary N) is 1. The first-order valence-corrected chi connectivity index (χ1v) is 9.99. The van der Waals surface area contributed by atoms with Gasteiger partial charge in [0.2, 0.25) is 11.9 Å². The Bertz CT molecular complexity index is 1080. The third-order valence-corrected chi connectivity index (χ3v) is 4.87. The minimum Gasteiger partial charge on any atom is -0.435 e. The first kappa shape index (κ1) is 21.8. The van der Waals surface area contributed by atoms with E-state index in [1.165, 1.54) is 18.3 Å². The fourth-order valence-electron chi connectivity index (χ4n) is 3.42. The standard InChI is InChI=1S/C22H22F3N5O2/c1-22(2)13-30(9-10-31-22)21-26-8-7-18(29-21)28-17-11-15(12-27-19(17)23)14-3-5-16(6-4-14)32-20(24)25/h3-8,11-12,20H,9-10,13H2,1-2H3,(H,26,28,29). The van der Waals surface area contributed by atoms with Gasteiger partial charge in [-0.15, -0.1) is 0 Å². The Kier molecular flexibility index (Phi) is 6.13. The van der Waals surface area contributed by atoms with Gasteiger partial charge in [0.15, 0.2) is 0 Å². The lowest BCUT2D eigenvalue weighted by Crippen LogP contribution is -2.49. The van der Waals surface area contributed by atoms with Crippen LogP contribution in [0.2, 0.25) is 0 Å². The second kappa shape index (κ2) is 8.99. The van der Waals surface area contributed by atoms with Crippen LogP contribution in [0, 0.1) is 5.95 Å². The third-order valence-electron chi connectivity index (χ3n) is 4.87. The molecule has 0 saturated carbocycles. The van der Waals surface area contributed by atoms with Crippen molar-refractivity contribution >= 4 is 17.5 Å². The molecule has 0 bridgehead atoms. The summed E-state index contributed by atoms with van der Waals surface area (Å²) in [6, 6.07) is 9.23. The SMILES string of the molecule is CC1(C)CN(c2nccc(Nc3cc(-c4ccc(OC(F)F)cc4)cnc3F)n2)CCO1. The van der Waals surface area contributed by atoms with Crippen molar-refractivity contribution in [2.45, 2.75) is 26.1 Å². The number of hydrogen-bond donors (Lipinski definition) is 1. The lowest BCUT2D eigenvalue weighted by molar-refractivity contribution is -0.0498. The van der Waals surface area contributed by atoms with Crippen molar-refractivity contribution < 1.29 is 22.6 Å². The quantitative estimate of drug-likeness (QED) is 0.555. The van der Waals surface area contributed by atoms with Crippen LogP contribution in [0.3, 0.4) is 0 Å². The van der Waals surface area contributed by atoms with Gasteiger partial charge in [0.25, 0.3) is 0 Å². The van der Waals surface area contributed by atoms with Crippen molar-refractivity contribution in [2.75, 3.05) is 29.9 Å². The van der Waals surface area contributed by atoms with Crippen LogP contribution in [0.4, 0.5) is 30.6 Å². The predicted octanol–water partition coefficient (Wildman–Crippen LogP) is 4.64. The molecule has 1 aromatic carbocycles. The number of anilines is 3. The van der Waals surface area contributed by atoms with Crippen LogP contribution >= 0.6 is 0 Å². The highest BCUT2D eigenvalue weighted by Gasteiger charge is 2.28. The first-order valence-electron chi connectivity index (χ1n) is 9.99. The van der Waals surface area contributed by atoms with Gasteiger partial charge in [0, 0.05) is 31.0 Å². The highest BCUT2D eigenvalue weighted by Crippen LogP contribution is 2.28. The van der Waals surface area contributed by atoms with E-state index in [1.807, 2.05) is 18.7 Å². The number of nitrogens with zero attached hydrogens (tertiary/aromatic N) is 4. The van der Waals surface area contributed by atoms with Crippen molar-refractivity contribution in [1.82, 2.24) is 15.0 Å². The van der Waals surface area contributed by atoms with E-state index in [0.29, 0.717) is 42.6 Å². The molecule has 1 fully saturated rings. The van der Waals surface area contributed by atoms with Crippen molar-refractivity contribution in [1.29, 1.82) is 0 Å². The molecule has 1 N–H and O–H groups in total. The minimum atomic E-state index is -2.90. The summed E-state index contributed by atoms with van der Waals surface area (Å²) in [5.74, 6) is 0.277. The number of benzene rings is 1. The number of hydrogen-bond acceptors (Lipinski definition) is 7. The summed E-state index contributed by atoms with van der Waals surface area (Å²) in [4.78, 5) is 14.7. The maximum absolute atomic E-state index is 14.4. The molecule has 32 heavy (non-hydrogen) atoms. The van der Waals surface area contributed by atoms with Crippen LogP contribution in [-0.2, 0) is 4.74 Å². The fourth-order valence-corrected chi connectivity index (χ4v) is 3.42. The van der Waals surface area contributed by atoms with Gasteiger partial charge in [0.1, 0.15) is 11.6 Å². The fraction of sp³-hybridized carbons (Fsp3) is 0.318. The lowest BCUT2D eigenvalue weighted by atomic mass is 10.1. The molecular formula is C22H22F3N5O2. The number of rotatable bonds is 6. The number of pyridine rings is 1. The number of ether oxygens (including phenoxy) is 2. The van der Waals surface area contributed by atoms with Crippen molar-refractivity contribution in [3.05, 3.63) is 54.7 Å². The average Bonchev–Trinajstić information content (AvgIpc) is 2.75. The molecule has 0 radical (unpaired) electrons. The normalized spacial score (nSPS) is 15.6. The molecule has 4 rings (SSSR count).